The summed E-state index contributed by atoms with van der Waals surface area (Å²) < 4.78 is 24.0. The van der Waals surface area contributed by atoms with Gasteiger partial charge in [-0.05, 0) is 17.9 Å². The van der Waals surface area contributed by atoms with E-state index in [1.165, 1.54) is 6.07 Å². The molecule has 0 aromatic carbocycles. The molecule has 0 bridgehead atoms. The molecule has 0 fully saturated rings. The van der Waals surface area contributed by atoms with E-state index >= 15 is 0 Å². The van der Waals surface area contributed by atoms with Crippen LogP contribution >= 0.6 is 23.7 Å². The van der Waals surface area contributed by atoms with Crippen LogP contribution in [0.3, 0.4) is 0 Å². The monoisotopic (exact) mass is 356 g/mol. The third-order valence-electron chi connectivity index (χ3n) is 2.66. The van der Waals surface area contributed by atoms with Gasteiger partial charge in [-0.15, -0.1) is 23.7 Å². The number of rotatable bonds is 8. The standard InChI is InChI=1S/C12H20N2O4S2.ClH/c1-2-4-10(13)12(16)14-7-9(15)8-20(17,18)11-5-3-6-19-11;/h3,5-6,9-10,15H,2,4,7-8,13H2,1H3,(H,14,16);1H. The number of amides is 1. The van der Waals surface area contributed by atoms with Crippen LogP contribution in [0.15, 0.2) is 21.7 Å². The fourth-order valence-electron chi connectivity index (χ4n) is 1.63. The smallest absolute Gasteiger partial charge is 0.237 e. The number of aliphatic hydroxyl groups excluding tert-OH is 1. The molecule has 0 saturated carbocycles. The van der Waals surface area contributed by atoms with Crippen LogP contribution < -0.4 is 11.1 Å². The Morgan fingerprint density at radius 2 is 2.19 bits per heavy atom. The van der Waals surface area contributed by atoms with Crippen LogP contribution in [0.25, 0.3) is 0 Å². The van der Waals surface area contributed by atoms with E-state index in [1.807, 2.05) is 6.92 Å². The molecule has 0 aliphatic heterocycles. The Balaban J connectivity index is 0.00000400. The molecule has 2 atom stereocenters. The molecule has 0 radical (unpaired) electrons. The molecule has 0 aliphatic rings. The molecule has 1 amide bonds. The number of carbonyl (C=O) groups excluding carboxylic acids is 1. The van der Waals surface area contributed by atoms with Gasteiger partial charge in [-0.3, -0.25) is 4.79 Å². The Bertz CT molecular complexity index is 519. The van der Waals surface area contributed by atoms with Crippen molar-refractivity contribution in [2.45, 2.75) is 36.1 Å². The maximum atomic E-state index is 11.9. The van der Waals surface area contributed by atoms with Crippen LogP contribution in [0.1, 0.15) is 19.8 Å². The van der Waals surface area contributed by atoms with E-state index in [1.54, 1.807) is 11.4 Å². The van der Waals surface area contributed by atoms with E-state index in [4.69, 9.17) is 5.73 Å². The normalized spacial score (nSPS) is 14.0. The summed E-state index contributed by atoms with van der Waals surface area (Å²) in [5.41, 5.74) is 5.61. The lowest BCUT2D eigenvalue weighted by molar-refractivity contribution is -0.122. The van der Waals surface area contributed by atoms with Gasteiger partial charge in [0.15, 0.2) is 9.84 Å². The Morgan fingerprint density at radius 1 is 1.52 bits per heavy atom. The van der Waals surface area contributed by atoms with Gasteiger partial charge < -0.3 is 16.2 Å². The molecule has 1 heterocycles. The minimum atomic E-state index is -3.51. The molecule has 2 unspecified atom stereocenters. The summed E-state index contributed by atoms with van der Waals surface area (Å²) in [6.45, 7) is 1.79. The van der Waals surface area contributed by atoms with E-state index < -0.39 is 27.7 Å². The summed E-state index contributed by atoms with van der Waals surface area (Å²) in [6, 6.07) is 2.50. The van der Waals surface area contributed by atoms with Crippen LogP contribution in [0.5, 0.6) is 0 Å². The van der Waals surface area contributed by atoms with E-state index in [0.29, 0.717) is 6.42 Å². The summed E-state index contributed by atoms with van der Waals surface area (Å²) in [4.78, 5) is 11.5. The van der Waals surface area contributed by atoms with E-state index in [-0.39, 0.29) is 29.1 Å². The van der Waals surface area contributed by atoms with Gasteiger partial charge in [0.25, 0.3) is 0 Å². The number of hydrogen-bond donors (Lipinski definition) is 3. The predicted molar refractivity (Wildman–Crippen MR) is 85.5 cm³/mol. The summed E-state index contributed by atoms with van der Waals surface area (Å²) in [5, 5.41) is 13.8. The molecule has 122 valence electrons. The predicted octanol–water partition coefficient (Wildman–Crippen LogP) is 0.548. The lowest BCUT2D eigenvalue weighted by Gasteiger charge is -2.14. The van der Waals surface area contributed by atoms with Crippen molar-refractivity contribution in [2.75, 3.05) is 12.3 Å². The van der Waals surface area contributed by atoms with Gasteiger partial charge in [0.1, 0.15) is 4.21 Å². The largest absolute Gasteiger partial charge is 0.390 e. The maximum Gasteiger partial charge on any atom is 0.237 e. The molecule has 1 rings (SSSR count). The molecule has 0 aliphatic carbocycles. The minimum absolute atomic E-state index is 0. The first-order valence-corrected chi connectivity index (χ1v) is 8.87. The van der Waals surface area contributed by atoms with Crippen molar-refractivity contribution >= 4 is 39.5 Å². The van der Waals surface area contributed by atoms with Crippen molar-refractivity contribution in [1.82, 2.24) is 5.32 Å². The second-order valence-electron chi connectivity index (χ2n) is 4.51. The van der Waals surface area contributed by atoms with Crippen molar-refractivity contribution in [2.24, 2.45) is 5.73 Å². The molecule has 1 aromatic rings. The van der Waals surface area contributed by atoms with E-state index in [9.17, 15) is 18.3 Å². The lowest BCUT2D eigenvalue weighted by atomic mass is 10.1. The lowest BCUT2D eigenvalue weighted by Crippen LogP contribution is -2.44. The zero-order valence-electron chi connectivity index (χ0n) is 11.7. The van der Waals surface area contributed by atoms with E-state index in [0.717, 1.165) is 17.8 Å². The fraction of sp³-hybridized carbons (Fsp3) is 0.583. The van der Waals surface area contributed by atoms with Crippen LogP contribution in [0, 0.1) is 0 Å². The van der Waals surface area contributed by atoms with Crippen molar-refractivity contribution in [3.05, 3.63) is 17.5 Å². The van der Waals surface area contributed by atoms with Crippen LogP contribution in [-0.4, -0.2) is 43.9 Å². The van der Waals surface area contributed by atoms with Crippen molar-refractivity contribution < 1.29 is 18.3 Å². The second-order valence-corrected chi connectivity index (χ2v) is 7.72. The number of carbonyl (C=O) groups is 1. The number of aliphatic hydroxyl groups is 1. The molecule has 0 spiro atoms. The van der Waals surface area contributed by atoms with Crippen LogP contribution in [-0.2, 0) is 14.6 Å². The summed E-state index contributed by atoms with van der Waals surface area (Å²) in [6.07, 6.45) is 0.180. The SMILES string of the molecule is CCCC(N)C(=O)NCC(O)CS(=O)(=O)c1cccs1.Cl. The highest BCUT2D eigenvalue weighted by atomic mass is 35.5. The Hall–Kier alpha value is -0.670. The number of thiophene rings is 1. The zero-order chi connectivity index (χ0) is 15.2. The molecule has 9 heteroatoms. The summed E-state index contributed by atoms with van der Waals surface area (Å²) >= 11 is 1.10. The number of hydrogen-bond acceptors (Lipinski definition) is 6. The fourth-order valence-corrected chi connectivity index (χ4v) is 4.11. The topological polar surface area (TPSA) is 109 Å². The number of nitrogens with two attached hydrogens (primary N) is 1. The highest BCUT2D eigenvalue weighted by molar-refractivity contribution is 7.93. The molecular weight excluding hydrogens is 336 g/mol. The van der Waals surface area contributed by atoms with Crippen molar-refractivity contribution in [1.29, 1.82) is 0 Å². The van der Waals surface area contributed by atoms with Gasteiger partial charge >= 0.3 is 0 Å². The molecular formula is C12H21ClN2O4S2. The highest BCUT2D eigenvalue weighted by Crippen LogP contribution is 2.17. The van der Waals surface area contributed by atoms with Gasteiger partial charge in [-0.25, -0.2) is 8.42 Å². The first-order chi connectivity index (χ1) is 9.36. The Labute approximate surface area is 135 Å². The number of nitrogens with one attached hydrogen (secondary N) is 1. The van der Waals surface area contributed by atoms with Crippen LogP contribution in [0.2, 0.25) is 0 Å². The molecule has 0 saturated heterocycles. The first kappa shape index (κ1) is 20.3. The molecule has 1 aromatic heterocycles. The number of halogens is 1. The van der Waals surface area contributed by atoms with Gasteiger partial charge in [-0.1, -0.05) is 19.4 Å². The maximum absolute atomic E-state index is 11.9. The van der Waals surface area contributed by atoms with Crippen LogP contribution in [0.4, 0.5) is 0 Å². The van der Waals surface area contributed by atoms with Gasteiger partial charge in [0, 0.05) is 6.54 Å². The summed E-state index contributed by atoms with van der Waals surface area (Å²) in [5.74, 6) is -0.795. The first-order valence-electron chi connectivity index (χ1n) is 6.34. The highest BCUT2D eigenvalue weighted by Gasteiger charge is 2.21. The van der Waals surface area contributed by atoms with Gasteiger partial charge in [-0.2, -0.15) is 0 Å². The quantitative estimate of drug-likeness (QED) is 0.630. The van der Waals surface area contributed by atoms with E-state index in [2.05, 4.69) is 5.32 Å². The number of sulfone groups is 1. The van der Waals surface area contributed by atoms with Gasteiger partial charge in [0.05, 0.1) is 17.9 Å². The molecule has 6 nitrogen and oxygen atoms in total. The third kappa shape index (κ3) is 6.75. The zero-order valence-corrected chi connectivity index (χ0v) is 14.1. The Morgan fingerprint density at radius 3 is 2.71 bits per heavy atom. The summed E-state index contributed by atoms with van der Waals surface area (Å²) in [7, 11) is -3.51. The van der Waals surface area contributed by atoms with Crippen molar-refractivity contribution in [3.8, 4) is 0 Å². The van der Waals surface area contributed by atoms with Gasteiger partial charge in [0.2, 0.25) is 5.91 Å². The second kappa shape index (κ2) is 9.37. The Kier molecular flexibility index (Phi) is 9.07. The van der Waals surface area contributed by atoms with Crippen molar-refractivity contribution in [3.63, 3.8) is 0 Å². The third-order valence-corrected chi connectivity index (χ3v) is 5.95. The molecule has 21 heavy (non-hydrogen) atoms. The molecule has 4 N–H and O–H groups in total. The minimum Gasteiger partial charge on any atom is -0.390 e. The average molecular weight is 357 g/mol. The average Bonchev–Trinajstić information content (AvgIpc) is 2.90.